The summed E-state index contributed by atoms with van der Waals surface area (Å²) in [6, 6.07) is 0. The van der Waals surface area contributed by atoms with Crippen molar-refractivity contribution in [3.05, 3.63) is 0 Å². The Morgan fingerprint density at radius 1 is 0.348 bits per heavy atom. The third-order valence-electron chi connectivity index (χ3n) is 4.25. The maximum Gasteiger partial charge on any atom is 1.00 e. The smallest absolute Gasteiger partial charge is 0.285 e. The Morgan fingerprint density at radius 3 is 0.565 bits per heavy atom. The first-order valence-electron chi connectivity index (χ1n) is 8.50. The zero-order chi connectivity index (χ0) is 17.7. The number of hydrogen-bond donors (Lipinski definition) is 0. The van der Waals surface area contributed by atoms with E-state index in [1.165, 1.54) is 0 Å². The minimum atomic E-state index is -1.05. The van der Waals surface area contributed by atoms with Gasteiger partial charge in [-0.05, 0) is 0 Å². The van der Waals surface area contributed by atoms with Crippen molar-refractivity contribution in [1.29, 1.82) is 0 Å². The topological polar surface area (TPSA) is 0 Å². The Bertz CT molecular complexity index is 297. The van der Waals surface area contributed by atoms with Crippen LogP contribution in [0.5, 0.6) is 0 Å². The van der Waals surface area contributed by atoms with Crippen molar-refractivity contribution in [2.24, 2.45) is 0 Å². The van der Waals surface area contributed by atoms with Crippen LogP contribution in [0.4, 0.5) is 0 Å². The van der Waals surface area contributed by atoms with Crippen LogP contribution in [0.2, 0.25) is 91.7 Å². The van der Waals surface area contributed by atoms with E-state index < -0.39 is 37.5 Å². The van der Waals surface area contributed by atoms with E-state index in [0.717, 1.165) is 0 Å². The second kappa shape index (κ2) is 10.7. The summed E-state index contributed by atoms with van der Waals surface area (Å²) < 4.78 is 0. The van der Waals surface area contributed by atoms with Crippen LogP contribution in [-0.4, -0.2) is 52.2 Å². The molecule has 0 rings (SSSR count). The van der Waals surface area contributed by atoms with Gasteiger partial charge in [-0.2, -0.15) is 0 Å². The molecule has 0 fully saturated rings. The van der Waals surface area contributed by atoms with E-state index in [4.69, 9.17) is 0 Å². The van der Waals surface area contributed by atoms with E-state index in [-0.39, 0.29) is 117 Å². The molecule has 0 heterocycles. The van der Waals surface area contributed by atoms with Crippen molar-refractivity contribution in [2.45, 2.75) is 91.7 Å². The maximum atomic E-state index is 2.89. The Labute approximate surface area is 241 Å². The molecule has 9 heteroatoms. The van der Waals surface area contributed by atoms with Crippen molar-refractivity contribution in [1.82, 2.24) is 0 Å². The second-order valence-electron chi connectivity index (χ2n) is 11.4. The molecule has 0 aliphatic rings. The van der Waals surface area contributed by atoms with Gasteiger partial charge in [0.15, 0.2) is 0 Å². The number of hydrogen-bond acceptors (Lipinski definition) is 0. The van der Waals surface area contributed by atoms with Gasteiger partial charge in [0.05, 0.1) is 0 Å². The fourth-order valence-electron chi connectivity index (χ4n) is 6.12. The first kappa shape index (κ1) is 32.5. The molecule has 0 aliphatic carbocycles. The van der Waals surface area contributed by atoms with Crippen molar-refractivity contribution in [3.63, 3.8) is 0 Å². The third kappa shape index (κ3) is 9.90. The first-order valence-corrected chi connectivity index (χ1v) is 34.5. The summed E-state index contributed by atoms with van der Waals surface area (Å²) in [4.78, 5) is 0. The Morgan fingerprint density at radius 2 is 0.478 bits per heavy atom. The van der Waals surface area contributed by atoms with Crippen LogP contribution in [0, 0.1) is 0 Å². The van der Waals surface area contributed by atoms with E-state index in [2.05, 4.69) is 91.7 Å². The zero-order valence-electron chi connectivity index (χ0n) is 19.5. The van der Waals surface area contributed by atoms with Crippen LogP contribution < -0.4 is 103 Å². The van der Waals surface area contributed by atoms with Crippen LogP contribution in [0.15, 0.2) is 0 Å². The van der Waals surface area contributed by atoms with Gasteiger partial charge in [-0.15, -0.1) is 43.5 Å². The number of rotatable bonds is 6. The van der Waals surface area contributed by atoms with E-state index >= 15 is 0 Å². The molecule has 0 radical (unpaired) electrons. The van der Waals surface area contributed by atoms with Crippen molar-refractivity contribution >= 4 is 52.2 Å². The van der Waals surface area contributed by atoms with Gasteiger partial charge in [0.2, 0.25) is 0 Å². The van der Waals surface area contributed by atoms with Gasteiger partial charge in [0.1, 0.15) is 0 Å². The molecular weight excluding hydrogens is 443 g/mol. The molecule has 0 nitrogen and oxygen atoms in total. The fraction of sp³-hybridized carbons (Fsp3) is 1.00. The average molecular weight is 485 g/mol. The van der Waals surface area contributed by atoms with Crippen molar-refractivity contribution < 1.29 is 103 Å². The standard InChI is InChI=1S/C14H42Si7.2K/c1-17(2,3)15(18(4,5)6)21(13,14)16(19(7,8)9)20(10,11)12;;/h1-14H3;;/q-2;2*+1. The normalized spacial score (nSPS) is 14.6. The zero-order valence-corrected chi connectivity index (χ0v) is 32.7. The molecule has 0 bridgehead atoms. The summed E-state index contributed by atoms with van der Waals surface area (Å²) in [5, 5.41) is 0. The maximum absolute atomic E-state index is 2.89. The molecule has 0 aliphatic heterocycles. The molecular formula is C14H42K2Si7. The minimum absolute atomic E-state index is 0. The van der Waals surface area contributed by atoms with Crippen LogP contribution >= 0.6 is 0 Å². The summed E-state index contributed by atoms with van der Waals surface area (Å²) in [6.45, 7) is 38.5. The Hall–Kier alpha value is 4.79. The molecule has 0 aromatic carbocycles. The molecule has 0 atom stereocenters. The monoisotopic (exact) mass is 484 g/mol. The van der Waals surface area contributed by atoms with Gasteiger partial charge in [-0.3, -0.25) is 21.8 Å². The van der Waals surface area contributed by atoms with Crippen LogP contribution in [0.1, 0.15) is 0 Å². The van der Waals surface area contributed by atoms with E-state index in [0.29, 0.717) is 0 Å². The predicted molar refractivity (Wildman–Crippen MR) is 122 cm³/mol. The molecule has 0 saturated heterocycles. The molecule has 0 saturated carbocycles. The third-order valence-corrected chi connectivity index (χ3v) is 128. The molecule has 0 aromatic rings. The molecule has 0 amide bonds. The van der Waals surface area contributed by atoms with E-state index in [1.54, 1.807) is 0 Å². The summed E-state index contributed by atoms with van der Waals surface area (Å²) in [6.07, 6.45) is 0. The fourth-order valence-corrected chi connectivity index (χ4v) is 233. The second-order valence-corrected chi connectivity index (χ2v) is 79.1. The molecule has 0 unspecified atom stereocenters. The first-order chi connectivity index (χ1) is 8.73. The molecule has 23 heavy (non-hydrogen) atoms. The SMILES string of the molecule is C[Si](C)(C)[Si-]([Si](C)(C)C)[Si](C)(C)[Si-]([Si](C)(C)C)[Si](C)(C)C.[K+].[K+]. The van der Waals surface area contributed by atoms with E-state index in [9.17, 15) is 0 Å². The van der Waals surface area contributed by atoms with Crippen LogP contribution in [-0.2, 0) is 0 Å². The van der Waals surface area contributed by atoms with Crippen molar-refractivity contribution in [2.75, 3.05) is 0 Å². The van der Waals surface area contributed by atoms with Crippen molar-refractivity contribution in [3.8, 4) is 0 Å². The average Bonchev–Trinajstić information content (AvgIpc) is 1.84. The van der Waals surface area contributed by atoms with Gasteiger partial charge in [0.25, 0.3) is 0 Å². The molecule has 128 valence electrons. The van der Waals surface area contributed by atoms with E-state index in [1.807, 2.05) is 0 Å². The quantitative estimate of drug-likeness (QED) is 0.446. The largest absolute Gasteiger partial charge is 1.00 e. The van der Waals surface area contributed by atoms with Crippen LogP contribution in [0.25, 0.3) is 0 Å². The summed E-state index contributed by atoms with van der Waals surface area (Å²) >= 11 is 0. The van der Waals surface area contributed by atoms with Gasteiger partial charge in [-0.25, -0.2) is 0 Å². The minimum Gasteiger partial charge on any atom is -0.285 e. The summed E-state index contributed by atoms with van der Waals surface area (Å²) in [5.41, 5.74) is 0. The van der Waals surface area contributed by atoms with Gasteiger partial charge >= 0.3 is 103 Å². The molecule has 0 N–H and O–H groups in total. The van der Waals surface area contributed by atoms with Gasteiger partial charge < -0.3 is 0 Å². The Kier molecular flexibility index (Phi) is 15.1. The summed E-state index contributed by atoms with van der Waals surface area (Å²) in [5.74, 6) is 0. The molecule has 0 spiro atoms. The van der Waals surface area contributed by atoms with Gasteiger partial charge in [0, 0.05) is 0 Å². The van der Waals surface area contributed by atoms with Gasteiger partial charge in [-0.1, -0.05) is 78.6 Å². The van der Waals surface area contributed by atoms with Crippen LogP contribution in [0.3, 0.4) is 0 Å². The Balaban J connectivity index is -0.00000200. The predicted octanol–water partition coefficient (Wildman–Crippen LogP) is -0.484. The summed E-state index contributed by atoms with van der Waals surface area (Å²) in [7, 11) is -5.15. The molecule has 0 aromatic heterocycles.